The van der Waals surface area contributed by atoms with Crippen molar-refractivity contribution >= 4 is 26.4 Å². The Morgan fingerprint density at radius 3 is 2.72 bits per heavy atom. The zero-order valence-corrected chi connectivity index (χ0v) is 11.7. The van der Waals surface area contributed by atoms with Crippen LogP contribution in [0.2, 0.25) is 0 Å². The molecule has 2 rings (SSSR count). The van der Waals surface area contributed by atoms with Gasteiger partial charge < -0.3 is 0 Å². The minimum Gasteiger partial charge on any atom is -0.250 e. The van der Waals surface area contributed by atoms with Crippen LogP contribution in [-0.2, 0) is 0 Å². The molecule has 0 spiro atoms. The summed E-state index contributed by atoms with van der Waals surface area (Å²) < 4.78 is 1.25. The quantitative estimate of drug-likeness (QED) is 0.594. The van der Waals surface area contributed by atoms with E-state index in [9.17, 15) is 0 Å². The largest absolute Gasteiger partial charge is 0.250 e. The molecule has 18 heavy (non-hydrogen) atoms. The minimum absolute atomic E-state index is 0.136. The highest BCUT2D eigenvalue weighted by molar-refractivity contribution is 7.22. The third-order valence-electron chi connectivity index (χ3n) is 2.28. The second-order valence-corrected chi connectivity index (χ2v) is 6.24. The summed E-state index contributed by atoms with van der Waals surface area (Å²) in [5, 5.41) is 10.1. The van der Waals surface area contributed by atoms with Gasteiger partial charge in [-0.3, -0.25) is 0 Å². The molecular weight excluding hydrogens is 242 g/mol. The van der Waals surface area contributed by atoms with Gasteiger partial charge in [-0.25, -0.2) is 5.43 Å². The van der Waals surface area contributed by atoms with E-state index < -0.39 is 0 Å². The molecule has 0 fully saturated rings. The summed E-state index contributed by atoms with van der Waals surface area (Å²) in [6.07, 6.45) is 3.74. The molecule has 4 heteroatoms. The Morgan fingerprint density at radius 2 is 2.00 bits per heavy atom. The fourth-order valence-electron chi connectivity index (χ4n) is 1.41. The van der Waals surface area contributed by atoms with Gasteiger partial charge in [0.15, 0.2) is 0 Å². The van der Waals surface area contributed by atoms with Crippen LogP contribution in [0.15, 0.2) is 52.9 Å². The molecule has 0 aliphatic heterocycles. The summed E-state index contributed by atoms with van der Waals surface area (Å²) in [6.45, 7) is 6.37. The van der Waals surface area contributed by atoms with Crippen molar-refractivity contribution in [2.75, 3.05) is 5.43 Å². The van der Waals surface area contributed by atoms with Crippen LogP contribution < -0.4 is 5.43 Å². The summed E-state index contributed by atoms with van der Waals surface area (Å²) in [7, 11) is 0. The van der Waals surface area contributed by atoms with Crippen LogP contribution in [0.3, 0.4) is 0 Å². The number of hydrogen-bond acceptors (Lipinski definition) is 3. The van der Waals surface area contributed by atoms with E-state index >= 15 is 0 Å². The first kappa shape index (κ1) is 12.8. The Labute approximate surface area is 111 Å². The van der Waals surface area contributed by atoms with Gasteiger partial charge in [-0.1, -0.05) is 50.3 Å². The molecule has 3 nitrogen and oxygen atoms in total. The number of nitrogens with one attached hydrogen (secondary N) is 1. The summed E-state index contributed by atoms with van der Waals surface area (Å²) in [4.78, 5) is 0. The number of thiophene rings is 1. The second-order valence-electron chi connectivity index (χ2n) is 5.16. The van der Waals surface area contributed by atoms with Crippen LogP contribution in [-0.4, -0.2) is 0 Å². The molecule has 1 heterocycles. The topological polar surface area (TPSA) is 36.8 Å². The van der Waals surface area contributed by atoms with Crippen molar-refractivity contribution in [2.24, 2.45) is 15.8 Å². The number of nitrogens with zero attached hydrogens (tertiary/aromatic N) is 2. The van der Waals surface area contributed by atoms with Crippen LogP contribution in [0, 0.1) is 5.41 Å². The molecule has 0 saturated carbocycles. The number of allylic oxidation sites excluding steroid dienone is 1. The predicted octanol–water partition coefficient (Wildman–Crippen LogP) is 5.24. The Morgan fingerprint density at radius 1 is 1.22 bits per heavy atom. The smallest absolute Gasteiger partial charge is 0.112 e. The van der Waals surface area contributed by atoms with E-state index in [4.69, 9.17) is 0 Å². The molecule has 0 aliphatic rings. The Kier molecular flexibility index (Phi) is 3.77. The van der Waals surface area contributed by atoms with Crippen molar-refractivity contribution < 1.29 is 0 Å². The molecule has 0 atom stereocenters. The molecule has 0 radical (unpaired) electrons. The number of fused-ring (bicyclic) bond motifs is 1. The average Bonchev–Trinajstić information content (AvgIpc) is 2.69. The zero-order valence-electron chi connectivity index (χ0n) is 10.8. The van der Waals surface area contributed by atoms with Crippen molar-refractivity contribution in [2.45, 2.75) is 20.8 Å². The third-order valence-corrected chi connectivity index (χ3v) is 3.31. The fourth-order valence-corrected chi connectivity index (χ4v) is 2.31. The maximum atomic E-state index is 3.96. The lowest BCUT2D eigenvalue weighted by Crippen LogP contribution is -1.97. The molecule has 2 aromatic rings. The van der Waals surface area contributed by atoms with Crippen molar-refractivity contribution in [3.8, 4) is 0 Å². The highest BCUT2D eigenvalue weighted by Crippen LogP contribution is 2.29. The standard InChI is InChI=1S/C14H17N3S/c1-14(2,3)8-9-15-17-16-13-10-11-6-4-5-7-12(11)18-13/h4-10H,1-3H3,(H,15,16)/b9-8-. The molecule has 0 unspecified atom stereocenters. The van der Waals surface area contributed by atoms with Crippen LogP contribution in [0.4, 0.5) is 5.00 Å². The molecule has 0 bridgehead atoms. The van der Waals surface area contributed by atoms with Crippen molar-refractivity contribution in [3.05, 3.63) is 42.6 Å². The van der Waals surface area contributed by atoms with Gasteiger partial charge in [-0.05, 0) is 22.9 Å². The maximum Gasteiger partial charge on any atom is 0.112 e. The number of hydrogen-bond donors (Lipinski definition) is 1. The van der Waals surface area contributed by atoms with E-state index in [1.807, 2.05) is 18.2 Å². The van der Waals surface area contributed by atoms with Gasteiger partial charge in [-0.15, -0.1) is 16.5 Å². The lowest BCUT2D eigenvalue weighted by Gasteiger charge is -2.09. The predicted molar refractivity (Wildman–Crippen MR) is 78.9 cm³/mol. The summed E-state index contributed by atoms with van der Waals surface area (Å²) >= 11 is 1.67. The molecule has 1 N–H and O–H groups in total. The van der Waals surface area contributed by atoms with Crippen LogP contribution in [0.25, 0.3) is 10.1 Å². The lowest BCUT2D eigenvalue weighted by molar-refractivity contribution is 0.542. The van der Waals surface area contributed by atoms with Gasteiger partial charge in [0.2, 0.25) is 0 Å². The highest BCUT2D eigenvalue weighted by Gasteiger charge is 2.02. The molecule has 1 aromatic carbocycles. The van der Waals surface area contributed by atoms with Crippen LogP contribution in [0.5, 0.6) is 0 Å². The van der Waals surface area contributed by atoms with Gasteiger partial charge in [0.1, 0.15) is 5.00 Å². The fraction of sp³-hybridized carbons (Fsp3) is 0.286. The molecular formula is C14H17N3S. The lowest BCUT2D eigenvalue weighted by atomic mass is 9.97. The van der Waals surface area contributed by atoms with Crippen molar-refractivity contribution in [3.63, 3.8) is 0 Å². The summed E-state index contributed by atoms with van der Waals surface area (Å²) in [5.74, 6) is 0. The van der Waals surface area contributed by atoms with E-state index in [-0.39, 0.29) is 5.41 Å². The van der Waals surface area contributed by atoms with Gasteiger partial charge >= 0.3 is 0 Å². The first-order chi connectivity index (χ1) is 8.54. The van der Waals surface area contributed by atoms with Gasteiger partial charge in [0.25, 0.3) is 0 Å². The minimum atomic E-state index is 0.136. The Bertz CT molecular complexity index is 543. The molecule has 0 saturated heterocycles. The van der Waals surface area contributed by atoms with E-state index in [0.29, 0.717) is 0 Å². The first-order valence-corrected chi connectivity index (χ1v) is 6.68. The molecule has 0 aliphatic carbocycles. The average molecular weight is 259 g/mol. The van der Waals surface area contributed by atoms with E-state index in [1.54, 1.807) is 17.5 Å². The Balaban J connectivity index is 1.98. The van der Waals surface area contributed by atoms with E-state index in [2.05, 4.69) is 54.7 Å². The third kappa shape index (κ3) is 3.67. The SMILES string of the molecule is CC(C)(C)/C=C\N=NNc1cc2ccccc2s1. The number of anilines is 1. The Hall–Kier alpha value is -1.68. The van der Waals surface area contributed by atoms with Gasteiger partial charge in [0, 0.05) is 10.9 Å². The van der Waals surface area contributed by atoms with Crippen molar-refractivity contribution in [1.82, 2.24) is 0 Å². The van der Waals surface area contributed by atoms with Gasteiger partial charge in [-0.2, -0.15) is 0 Å². The zero-order chi connectivity index (χ0) is 13.0. The first-order valence-electron chi connectivity index (χ1n) is 5.87. The molecule has 0 amide bonds. The number of benzene rings is 1. The summed E-state index contributed by atoms with van der Waals surface area (Å²) in [6, 6.07) is 10.3. The monoisotopic (exact) mass is 259 g/mol. The van der Waals surface area contributed by atoms with Gasteiger partial charge in [0.05, 0.1) is 0 Å². The summed E-state index contributed by atoms with van der Waals surface area (Å²) in [5.41, 5.74) is 3.08. The number of rotatable bonds is 3. The molecule has 1 aromatic heterocycles. The van der Waals surface area contributed by atoms with Crippen LogP contribution >= 0.6 is 11.3 Å². The second kappa shape index (κ2) is 5.31. The van der Waals surface area contributed by atoms with Crippen molar-refractivity contribution in [1.29, 1.82) is 0 Å². The maximum absolute atomic E-state index is 3.96. The van der Waals surface area contributed by atoms with Crippen LogP contribution in [0.1, 0.15) is 20.8 Å². The molecule has 94 valence electrons. The van der Waals surface area contributed by atoms with E-state index in [1.165, 1.54) is 10.1 Å². The van der Waals surface area contributed by atoms with E-state index in [0.717, 1.165) is 5.00 Å². The normalized spacial score (nSPS) is 12.8. The highest BCUT2D eigenvalue weighted by atomic mass is 32.1.